The molecule has 0 spiro atoms. The molecule has 1 rings (SSSR count). The molecule has 1 fully saturated rings. The van der Waals surface area contributed by atoms with Crippen LogP contribution in [0.4, 0.5) is 0 Å². The highest BCUT2D eigenvalue weighted by Crippen LogP contribution is 2.17. The molecule has 1 heterocycles. The fraction of sp³-hybridized carbons (Fsp3) is 1.00. The summed E-state index contributed by atoms with van der Waals surface area (Å²) >= 11 is 0. The fourth-order valence-corrected chi connectivity index (χ4v) is 2.60. The van der Waals surface area contributed by atoms with Crippen molar-refractivity contribution in [2.45, 2.75) is 90.1 Å². The lowest BCUT2D eigenvalue weighted by Gasteiger charge is -2.11. The third kappa shape index (κ3) is 6.19. The molecule has 0 unspecified atom stereocenters. The zero-order chi connectivity index (χ0) is 10.9. The Morgan fingerprint density at radius 2 is 1.60 bits per heavy atom. The number of hydrogen-bond acceptors (Lipinski definition) is 1. The largest absolute Gasteiger partial charge is 0.312 e. The summed E-state index contributed by atoms with van der Waals surface area (Å²) in [6, 6.07) is 1.62. The Balaban J connectivity index is 1.81. The third-order valence-electron chi connectivity index (χ3n) is 3.62. The molecule has 1 N–H and O–H groups in total. The van der Waals surface area contributed by atoms with Crippen molar-refractivity contribution in [2.24, 2.45) is 0 Å². The zero-order valence-electron chi connectivity index (χ0n) is 10.7. The molecule has 0 amide bonds. The second kappa shape index (κ2) is 8.15. The van der Waals surface area contributed by atoms with Gasteiger partial charge in [0.25, 0.3) is 0 Å². The number of nitrogens with one attached hydrogen (secondary N) is 1. The van der Waals surface area contributed by atoms with Crippen LogP contribution in [0, 0.1) is 0 Å². The van der Waals surface area contributed by atoms with Gasteiger partial charge >= 0.3 is 0 Å². The van der Waals surface area contributed by atoms with E-state index in [9.17, 15) is 0 Å². The summed E-state index contributed by atoms with van der Waals surface area (Å²) in [5.41, 5.74) is 0. The summed E-state index contributed by atoms with van der Waals surface area (Å²) in [7, 11) is 0. The Kier molecular flexibility index (Phi) is 7.08. The van der Waals surface area contributed by atoms with E-state index in [1.54, 1.807) is 0 Å². The van der Waals surface area contributed by atoms with Crippen LogP contribution in [0.15, 0.2) is 0 Å². The molecular weight excluding hydrogens is 182 g/mol. The van der Waals surface area contributed by atoms with Crippen LogP contribution in [0.1, 0.15) is 78.1 Å². The zero-order valence-corrected chi connectivity index (χ0v) is 10.7. The van der Waals surface area contributed by atoms with Crippen LogP contribution in [0.2, 0.25) is 0 Å². The maximum Gasteiger partial charge on any atom is 0.00701 e. The van der Waals surface area contributed by atoms with Gasteiger partial charge in [0.15, 0.2) is 0 Å². The van der Waals surface area contributed by atoms with E-state index in [4.69, 9.17) is 0 Å². The van der Waals surface area contributed by atoms with Crippen LogP contribution in [-0.4, -0.2) is 12.1 Å². The Labute approximate surface area is 96.0 Å². The van der Waals surface area contributed by atoms with E-state index in [2.05, 4.69) is 19.2 Å². The molecule has 0 aliphatic carbocycles. The Morgan fingerprint density at radius 1 is 0.933 bits per heavy atom. The minimum Gasteiger partial charge on any atom is -0.312 e. The van der Waals surface area contributed by atoms with Crippen molar-refractivity contribution in [3.8, 4) is 0 Å². The van der Waals surface area contributed by atoms with Gasteiger partial charge < -0.3 is 5.32 Å². The Morgan fingerprint density at radius 3 is 2.20 bits per heavy atom. The van der Waals surface area contributed by atoms with Crippen LogP contribution in [0.25, 0.3) is 0 Å². The quantitative estimate of drug-likeness (QED) is 0.591. The van der Waals surface area contributed by atoms with E-state index in [0.717, 1.165) is 12.1 Å². The minimum absolute atomic E-state index is 0.777. The van der Waals surface area contributed by atoms with E-state index >= 15 is 0 Å². The predicted molar refractivity (Wildman–Crippen MR) is 68.2 cm³/mol. The number of unbranched alkanes of at least 4 members (excludes halogenated alkanes) is 6. The van der Waals surface area contributed by atoms with Crippen molar-refractivity contribution in [3.63, 3.8) is 0 Å². The first-order valence-electron chi connectivity index (χ1n) is 7.09. The van der Waals surface area contributed by atoms with E-state index in [0.29, 0.717) is 0 Å². The van der Waals surface area contributed by atoms with Gasteiger partial charge in [-0.25, -0.2) is 0 Å². The molecule has 1 aliphatic rings. The van der Waals surface area contributed by atoms with Gasteiger partial charge in [-0.15, -0.1) is 0 Å². The first-order chi connectivity index (χ1) is 7.33. The van der Waals surface area contributed by atoms with Gasteiger partial charge in [0.1, 0.15) is 0 Å². The van der Waals surface area contributed by atoms with Crippen molar-refractivity contribution in [2.75, 3.05) is 0 Å². The SMILES string of the molecule is CCCCCCCCC[C@@H]1CC[C@H](C)N1. The van der Waals surface area contributed by atoms with Crippen molar-refractivity contribution < 1.29 is 0 Å². The second-order valence-corrected chi connectivity index (χ2v) is 5.25. The van der Waals surface area contributed by atoms with Crippen LogP contribution >= 0.6 is 0 Å². The summed E-state index contributed by atoms with van der Waals surface area (Å²) in [6.45, 7) is 4.59. The summed E-state index contributed by atoms with van der Waals surface area (Å²) in [6.07, 6.45) is 14.3. The van der Waals surface area contributed by atoms with Crippen molar-refractivity contribution >= 4 is 0 Å². The summed E-state index contributed by atoms with van der Waals surface area (Å²) in [5.74, 6) is 0. The lowest BCUT2D eigenvalue weighted by molar-refractivity contribution is 0.486. The van der Waals surface area contributed by atoms with Crippen molar-refractivity contribution in [1.82, 2.24) is 5.32 Å². The maximum absolute atomic E-state index is 3.67. The van der Waals surface area contributed by atoms with Gasteiger partial charge in [0, 0.05) is 12.1 Å². The third-order valence-corrected chi connectivity index (χ3v) is 3.62. The molecule has 15 heavy (non-hydrogen) atoms. The van der Waals surface area contributed by atoms with Gasteiger partial charge in [-0.2, -0.15) is 0 Å². The minimum atomic E-state index is 0.777. The smallest absolute Gasteiger partial charge is 0.00701 e. The normalized spacial score (nSPS) is 26.0. The van der Waals surface area contributed by atoms with Crippen LogP contribution in [0.3, 0.4) is 0 Å². The summed E-state index contributed by atoms with van der Waals surface area (Å²) in [4.78, 5) is 0. The average Bonchev–Trinajstić information content (AvgIpc) is 2.63. The Bertz CT molecular complexity index is 144. The molecule has 1 nitrogen and oxygen atoms in total. The molecule has 0 aromatic rings. The van der Waals surface area contributed by atoms with E-state index in [1.807, 2.05) is 0 Å². The Hall–Kier alpha value is -0.0400. The highest BCUT2D eigenvalue weighted by Gasteiger charge is 2.18. The van der Waals surface area contributed by atoms with Crippen molar-refractivity contribution in [3.05, 3.63) is 0 Å². The molecule has 1 aliphatic heterocycles. The predicted octanol–water partition coefficient (Wildman–Crippen LogP) is 4.27. The number of rotatable bonds is 8. The van der Waals surface area contributed by atoms with E-state index in [-0.39, 0.29) is 0 Å². The molecule has 1 saturated heterocycles. The lowest BCUT2D eigenvalue weighted by atomic mass is 10.0. The van der Waals surface area contributed by atoms with Gasteiger partial charge in [0.2, 0.25) is 0 Å². The van der Waals surface area contributed by atoms with Crippen LogP contribution in [0.5, 0.6) is 0 Å². The molecule has 90 valence electrons. The molecule has 0 saturated carbocycles. The molecule has 0 aromatic heterocycles. The van der Waals surface area contributed by atoms with Gasteiger partial charge in [-0.3, -0.25) is 0 Å². The fourth-order valence-electron chi connectivity index (χ4n) is 2.60. The number of hydrogen-bond donors (Lipinski definition) is 1. The van der Waals surface area contributed by atoms with Gasteiger partial charge in [-0.05, 0) is 26.2 Å². The lowest BCUT2D eigenvalue weighted by Crippen LogP contribution is -2.26. The highest BCUT2D eigenvalue weighted by atomic mass is 15.0. The van der Waals surface area contributed by atoms with Gasteiger partial charge in [0.05, 0.1) is 0 Å². The summed E-state index contributed by atoms with van der Waals surface area (Å²) < 4.78 is 0. The van der Waals surface area contributed by atoms with Crippen LogP contribution < -0.4 is 5.32 Å². The molecule has 0 aromatic carbocycles. The average molecular weight is 211 g/mol. The first-order valence-corrected chi connectivity index (χ1v) is 7.09. The van der Waals surface area contributed by atoms with E-state index in [1.165, 1.54) is 64.2 Å². The second-order valence-electron chi connectivity index (χ2n) is 5.25. The highest BCUT2D eigenvalue weighted by molar-refractivity contribution is 4.80. The molecule has 2 atom stereocenters. The van der Waals surface area contributed by atoms with Crippen molar-refractivity contribution in [1.29, 1.82) is 0 Å². The monoisotopic (exact) mass is 211 g/mol. The molecule has 0 bridgehead atoms. The van der Waals surface area contributed by atoms with E-state index < -0.39 is 0 Å². The first kappa shape index (κ1) is 13.0. The maximum atomic E-state index is 3.67. The standard InChI is InChI=1S/C14H29N/c1-3-4-5-6-7-8-9-10-14-12-11-13(2)15-14/h13-15H,3-12H2,1-2H3/t13-,14+/m0/s1. The molecular formula is C14H29N. The van der Waals surface area contributed by atoms with Crippen LogP contribution in [-0.2, 0) is 0 Å². The molecule has 0 radical (unpaired) electrons. The van der Waals surface area contributed by atoms with Gasteiger partial charge in [-0.1, -0.05) is 51.9 Å². The molecule has 1 heteroatoms. The topological polar surface area (TPSA) is 12.0 Å². The summed E-state index contributed by atoms with van der Waals surface area (Å²) in [5, 5.41) is 3.67.